The summed E-state index contributed by atoms with van der Waals surface area (Å²) in [6.07, 6.45) is 6.84. The number of fused-ring (bicyclic) bond motifs is 1. The molecule has 2 N–H and O–H groups in total. The van der Waals surface area contributed by atoms with Crippen molar-refractivity contribution in [3.63, 3.8) is 0 Å². The first-order valence-electron chi connectivity index (χ1n) is 7.28. The molecule has 1 saturated carbocycles. The maximum absolute atomic E-state index is 6.15. The van der Waals surface area contributed by atoms with Gasteiger partial charge in [-0.2, -0.15) is 0 Å². The van der Waals surface area contributed by atoms with Gasteiger partial charge in [-0.3, -0.25) is 4.57 Å². The van der Waals surface area contributed by atoms with Crippen LogP contribution in [0.15, 0.2) is 12.3 Å². The number of anilines is 1. The maximum atomic E-state index is 6.15. The SMILES string of the molecule is Cc1ccnc2c1nc(N)n2CC1(N(C)C)CCCC1. The Morgan fingerprint density at radius 1 is 1.35 bits per heavy atom. The predicted molar refractivity (Wildman–Crippen MR) is 81.6 cm³/mol. The van der Waals surface area contributed by atoms with Crippen molar-refractivity contribution in [2.75, 3.05) is 19.8 Å². The Bertz CT molecular complexity index is 622. The van der Waals surface area contributed by atoms with Crippen LogP contribution in [0.3, 0.4) is 0 Å². The molecule has 0 unspecified atom stereocenters. The van der Waals surface area contributed by atoms with Crippen LogP contribution in [-0.4, -0.2) is 39.1 Å². The van der Waals surface area contributed by atoms with E-state index in [0.717, 1.165) is 23.3 Å². The summed E-state index contributed by atoms with van der Waals surface area (Å²) in [5.41, 5.74) is 9.31. The number of nitrogens with two attached hydrogens (primary N) is 1. The summed E-state index contributed by atoms with van der Waals surface area (Å²) in [5, 5.41) is 0. The van der Waals surface area contributed by atoms with E-state index in [1.807, 2.05) is 12.3 Å². The minimum Gasteiger partial charge on any atom is -0.369 e. The van der Waals surface area contributed by atoms with Gasteiger partial charge in [-0.1, -0.05) is 12.8 Å². The highest BCUT2D eigenvalue weighted by Crippen LogP contribution is 2.36. The molecule has 0 atom stereocenters. The van der Waals surface area contributed by atoms with Crippen molar-refractivity contribution < 1.29 is 0 Å². The van der Waals surface area contributed by atoms with Crippen molar-refractivity contribution in [3.8, 4) is 0 Å². The number of imidazole rings is 1. The van der Waals surface area contributed by atoms with Gasteiger partial charge in [0.15, 0.2) is 5.65 Å². The molecule has 5 heteroatoms. The molecule has 0 spiro atoms. The molecule has 0 radical (unpaired) electrons. The standard InChI is InChI=1S/C15H23N5/c1-11-6-9-17-13-12(11)18-14(16)20(13)10-15(19(2)3)7-4-5-8-15/h6,9H,4-5,7-8,10H2,1-3H3,(H2,16,18). The molecule has 0 saturated heterocycles. The average molecular weight is 273 g/mol. The number of aromatic nitrogens is 3. The van der Waals surface area contributed by atoms with E-state index in [0.29, 0.717) is 5.95 Å². The van der Waals surface area contributed by atoms with Gasteiger partial charge in [0.1, 0.15) is 5.52 Å². The third-order valence-corrected chi connectivity index (χ3v) is 4.80. The van der Waals surface area contributed by atoms with Crippen LogP contribution in [0, 0.1) is 6.92 Å². The third-order valence-electron chi connectivity index (χ3n) is 4.80. The lowest BCUT2D eigenvalue weighted by Crippen LogP contribution is -2.45. The summed E-state index contributed by atoms with van der Waals surface area (Å²) < 4.78 is 2.09. The highest BCUT2D eigenvalue weighted by atomic mass is 15.2. The quantitative estimate of drug-likeness (QED) is 0.931. The molecular formula is C15H23N5. The molecule has 0 aliphatic heterocycles. The van der Waals surface area contributed by atoms with Gasteiger partial charge in [0, 0.05) is 18.3 Å². The number of nitrogens with zero attached hydrogens (tertiary/aromatic N) is 4. The van der Waals surface area contributed by atoms with E-state index in [-0.39, 0.29) is 5.54 Å². The molecule has 1 aliphatic rings. The Kier molecular flexibility index (Phi) is 3.17. The zero-order chi connectivity index (χ0) is 14.3. The van der Waals surface area contributed by atoms with E-state index < -0.39 is 0 Å². The van der Waals surface area contributed by atoms with Crippen LogP contribution in [-0.2, 0) is 6.54 Å². The van der Waals surface area contributed by atoms with Crippen molar-refractivity contribution in [3.05, 3.63) is 17.8 Å². The predicted octanol–water partition coefficient (Wildman–Crippen LogP) is 2.20. The highest BCUT2D eigenvalue weighted by Gasteiger charge is 2.37. The van der Waals surface area contributed by atoms with E-state index in [9.17, 15) is 0 Å². The summed E-state index contributed by atoms with van der Waals surface area (Å²) in [5.74, 6) is 0.579. The first kappa shape index (κ1) is 13.4. The second-order valence-corrected chi connectivity index (χ2v) is 6.18. The molecule has 1 fully saturated rings. The van der Waals surface area contributed by atoms with Crippen LogP contribution >= 0.6 is 0 Å². The normalized spacial score (nSPS) is 18.2. The first-order valence-corrected chi connectivity index (χ1v) is 7.28. The Balaban J connectivity index is 2.06. The van der Waals surface area contributed by atoms with Crippen LogP contribution in [0.1, 0.15) is 31.2 Å². The lowest BCUT2D eigenvalue weighted by molar-refractivity contribution is 0.136. The minimum atomic E-state index is 0.188. The second kappa shape index (κ2) is 4.74. The summed E-state index contributed by atoms with van der Waals surface area (Å²) in [7, 11) is 4.33. The van der Waals surface area contributed by atoms with Crippen molar-refractivity contribution in [2.24, 2.45) is 0 Å². The maximum Gasteiger partial charge on any atom is 0.202 e. The van der Waals surface area contributed by atoms with Gasteiger partial charge in [-0.15, -0.1) is 0 Å². The first-order chi connectivity index (χ1) is 9.53. The minimum absolute atomic E-state index is 0.188. The Morgan fingerprint density at radius 3 is 2.70 bits per heavy atom. The van der Waals surface area contributed by atoms with Gasteiger partial charge in [-0.25, -0.2) is 9.97 Å². The number of rotatable bonds is 3. The van der Waals surface area contributed by atoms with Crippen molar-refractivity contribution >= 4 is 17.1 Å². The van der Waals surface area contributed by atoms with E-state index in [1.165, 1.54) is 25.7 Å². The molecule has 0 aromatic carbocycles. The molecule has 0 bridgehead atoms. The summed E-state index contributed by atoms with van der Waals surface area (Å²) in [6.45, 7) is 2.93. The van der Waals surface area contributed by atoms with Gasteiger partial charge in [0.2, 0.25) is 5.95 Å². The average Bonchev–Trinajstić information content (AvgIpc) is 2.99. The fraction of sp³-hybridized carbons (Fsp3) is 0.600. The zero-order valence-electron chi connectivity index (χ0n) is 12.6. The van der Waals surface area contributed by atoms with Gasteiger partial charge in [0.05, 0.1) is 0 Å². The molecule has 5 nitrogen and oxygen atoms in total. The fourth-order valence-corrected chi connectivity index (χ4v) is 3.39. The molecule has 1 aliphatic carbocycles. The molecule has 2 aromatic heterocycles. The second-order valence-electron chi connectivity index (χ2n) is 6.18. The van der Waals surface area contributed by atoms with Crippen LogP contribution in [0.25, 0.3) is 11.2 Å². The monoisotopic (exact) mass is 273 g/mol. The van der Waals surface area contributed by atoms with Crippen molar-refractivity contribution in [1.82, 2.24) is 19.4 Å². The summed E-state index contributed by atoms with van der Waals surface area (Å²) in [4.78, 5) is 11.4. The molecular weight excluding hydrogens is 250 g/mol. The largest absolute Gasteiger partial charge is 0.369 e. The van der Waals surface area contributed by atoms with E-state index in [1.54, 1.807) is 0 Å². The van der Waals surface area contributed by atoms with Crippen LogP contribution in [0.5, 0.6) is 0 Å². The zero-order valence-corrected chi connectivity index (χ0v) is 12.6. The van der Waals surface area contributed by atoms with Crippen LogP contribution < -0.4 is 5.73 Å². The van der Waals surface area contributed by atoms with E-state index in [2.05, 4.69) is 40.5 Å². The van der Waals surface area contributed by atoms with E-state index >= 15 is 0 Å². The molecule has 3 rings (SSSR count). The fourth-order valence-electron chi connectivity index (χ4n) is 3.39. The molecule has 108 valence electrons. The number of hydrogen-bond acceptors (Lipinski definition) is 4. The van der Waals surface area contributed by atoms with Crippen molar-refractivity contribution in [2.45, 2.75) is 44.7 Å². The highest BCUT2D eigenvalue weighted by molar-refractivity contribution is 5.77. The number of aryl methyl sites for hydroxylation is 1. The van der Waals surface area contributed by atoms with Crippen LogP contribution in [0.4, 0.5) is 5.95 Å². The van der Waals surface area contributed by atoms with Gasteiger partial charge >= 0.3 is 0 Å². The molecule has 0 amide bonds. The Morgan fingerprint density at radius 2 is 2.05 bits per heavy atom. The topological polar surface area (TPSA) is 60.0 Å². The summed E-state index contributed by atoms with van der Waals surface area (Å²) in [6, 6.07) is 1.98. The molecule has 2 aromatic rings. The third kappa shape index (κ3) is 1.97. The number of pyridine rings is 1. The van der Waals surface area contributed by atoms with Crippen molar-refractivity contribution in [1.29, 1.82) is 0 Å². The smallest absolute Gasteiger partial charge is 0.202 e. The lowest BCUT2D eigenvalue weighted by atomic mass is 9.96. The number of hydrogen-bond donors (Lipinski definition) is 1. The Labute approximate surface area is 119 Å². The van der Waals surface area contributed by atoms with Gasteiger partial charge in [0.25, 0.3) is 0 Å². The lowest BCUT2D eigenvalue weighted by Gasteiger charge is -2.36. The summed E-state index contributed by atoms with van der Waals surface area (Å²) >= 11 is 0. The number of likely N-dealkylation sites (N-methyl/N-ethyl adjacent to an activating group) is 1. The molecule has 2 heterocycles. The van der Waals surface area contributed by atoms with Gasteiger partial charge in [-0.05, 0) is 45.5 Å². The molecule has 20 heavy (non-hydrogen) atoms. The number of nitrogen functional groups attached to an aromatic ring is 1. The Hall–Kier alpha value is -1.62. The van der Waals surface area contributed by atoms with Gasteiger partial charge < -0.3 is 10.6 Å². The van der Waals surface area contributed by atoms with Crippen LogP contribution in [0.2, 0.25) is 0 Å². The van der Waals surface area contributed by atoms with E-state index in [4.69, 9.17) is 5.73 Å².